The molecule has 0 spiro atoms. The Morgan fingerprint density at radius 2 is 2.19 bits per heavy atom. The average Bonchev–Trinajstić information content (AvgIpc) is 2.58. The van der Waals surface area contributed by atoms with Gasteiger partial charge in [-0.1, -0.05) is 6.07 Å². The number of aromatic nitrogens is 2. The van der Waals surface area contributed by atoms with Gasteiger partial charge >= 0.3 is 0 Å². The highest BCUT2D eigenvalue weighted by Crippen LogP contribution is 2.20. The number of hydrogen-bond donors (Lipinski definition) is 2. The third kappa shape index (κ3) is 1.94. The maximum absolute atomic E-state index is 11.5. The number of nitrogens with zero attached hydrogens (tertiary/aromatic N) is 1. The first kappa shape index (κ1) is 11.1. The lowest BCUT2D eigenvalue weighted by Gasteiger charge is -1.97. The van der Waals surface area contributed by atoms with Gasteiger partial charge in [0.05, 0.1) is 10.4 Å². The van der Waals surface area contributed by atoms with Gasteiger partial charge in [0.25, 0.3) is 0 Å². The third-order valence-electron chi connectivity index (χ3n) is 2.31. The van der Waals surface area contributed by atoms with Gasteiger partial charge in [0.1, 0.15) is 11.3 Å². The van der Waals surface area contributed by atoms with Crippen LogP contribution < -0.4 is 5.73 Å². The topological polar surface area (TPSA) is 88.8 Å². The number of nitrogens with two attached hydrogens (primary N) is 1. The summed E-state index contributed by atoms with van der Waals surface area (Å²) in [6.45, 7) is 0.480. The van der Waals surface area contributed by atoms with Gasteiger partial charge in [0.2, 0.25) is 0 Å². The summed E-state index contributed by atoms with van der Waals surface area (Å²) in [5.74, 6) is 0.716. The molecule has 0 aliphatic rings. The molecule has 6 heteroatoms. The number of imidazole rings is 1. The minimum Gasteiger partial charge on any atom is -0.342 e. The molecule has 1 aromatic heterocycles. The second-order valence-electron chi connectivity index (χ2n) is 3.65. The summed E-state index contributed by atoms with van der Waals surface area (Å²) in [5, 5.41) is 0. The number of benzene rings is 1. The minimum absolute atomic E-state index is 0.254. The van der Waals surface area contributed by atoms with Gasteiger partial charge < -0.3 is 10.7 Å². The Morgan fingerprint density at radius 1 is 1.44 bits per heavy atom. The second-order valence-corrected chi connectivity index (χ2v) is 5.63. The molecule has 0 atom stereocenters. The Morgan fingerprint density at radius 3 is 2.81 bits per heavy atom. The lowest BCUT2D eigenvalue weighted by atomic mass is 10.3. The Hall–Kier alpha value is -1.40. The average molecular weight is 239 g/mol. The smallest absolute Gasteiger partial charge is 0.177 e. The van der Waals surface area contributed by atoms with Crippen LogP contribution in [0, 0.1) is 0 Å². The molecule has 0 saturated carbocycles. The number of nitrogens with one attached hydrogen (secondary N) is 1. The highest BCUT2D eigenvalue weighted by atomic mass is 32.2. The molecule has 0 radical (unpaired) electrons. The summed E-state index contributed by atoms with van der Waals surface area (Å²) in [4.78, 5) is 7.56. The molecule has 0 saturated heterocycles. The number of fused-ring (bicyclic) bond motifs is 1. The monoisotopic (exact) mass is 239 g/mol. The molecule has 5 nitrogen and oxygen atoms in total. The van der Waals surface area contributed by atoms with E-state index in [1.807, 2.05) is 0 Å². The van der Waals surface area contributed by atoms with Crippen LogP contribution in [0.2, 0.25) is 0 Å². The van der Waals surface area contributed by atoms with Gasteiger partial charge in [0.15, 0.2) is 9.84 Å². The van der Waals surface area contributed by atoms with Crippen LogP contribution in [0.5, 0.6) is 0 Å². The van der Waals surface area contributed by atoms with Crippen molar-refractivity contribution in [1.82, 2.24) is 9.97 Å². The van der Waals surface area contributed by atoms with E-state index in [0.717, 1.165) is 5.52 Å². The zero-order chi connectivity index (χ0) is 11.8. The van der Waals surface area contributed by atoms with Crippen LogP contribution in [0.3, 0.4) is 0 Å². The predicted molar refractivity (Wildman–Crippen MR) is 62.0 cm³/mol. The summed E-state index contributed by atoms with van der Waals surface area (Å²) >= 11 is 0. The summed E-state index contributed by atoms with van der Waals surface area (Å²) in [6.07, 6.45) is 1.79. The fourth-order valence-corrected chi connectivity index (χ4v) is 2.44. The maximum Gasteiger partial charge on any atom is 0.177 e. The normalized spacial score (nSPS) is 12.1. The lowest BCUT2D eigenvalue weighted by molar-refractivity contribution is 0.602. The molecule has 0 unspecified atom stereocenters. The molecule has 1 heterocycles. The minimum atomic E-state index is -3.24. The van der Waals surface area contributed by atoms with E-state index in [2.05, 4.69) is 9.97 Å². The van der Waals surface area contributed by atoms with Crippen molar-refractivity contribution in [1.29, 1.82) is 0 Å². The van der Waals surface area contributed by atoms with Crippen molar-refractivity contribution in [3.63, 3.8) is 0 Å². The van der Waals surface area contributed by atoms with E-state index in [-0.39, 0.29) is 4.90 Å². The molecule has 3 N–H and O–H groups in total. The fraction of sp³-hybridized carbons (Fsp3) is 0.300. The van der Waals surface area contributed by atoms with Gasteiger partial charge in [-0.25, -0.2) is 13.4 Å². The first-order chi connectivity index (χ1) is 7.52. The van der Waals surface area contributed by atoms with Crippen LogP contribution in [0.25, 0.3) is 11.0 Å². The highest BCUT2D eigenvalue weighted by Gasteiger charge is 2.14. The lowest BCUT2D eigenvalue weighted by Crippen LogP contribution is -2.03. The van der Waals surface area contributed by atoms with E-state index in [4.69, 9.17) is 5.73 Å². The van der Waals surface area contributed by atoms with Gasteiger partial charge in [0, 0.05) is 12.7 Å². The Bertz CT molecular complexity index is 616. The molecule has 0 aliphatic carbocycles. The highest BCUT2D eigenvalue weighted by molar-refractivity contribution is 7.91. The number of hydrogen-bond acceptors (Lipinski definition) is 4. The summed E-state index contributed by atoms with van der Waals surface area (Å²) in [7, 11) is -3.24. The van der Waals surface area contributed by atoms with Crippen molar-refractivity contribution >= 4 is 20.9 Å². The van der Waals surface area contributed by atoms with Gasteiger partial charge in [-0.15, -0.1) is 0 Å². The predicted octanol–water partition coefficient (Wildman–Crippen LogP) is 0.468. The Kier molecular flexibility index (Phi) is 2.69. The van der Waals surface area contributed by atoms with Crippen molar-refractivity contribution in [3.8, 4) is 0 Å². The molecule has 0 amide bonds. The van der Waals surface area contributed by atoms with Crippen LogP contribution in [-0.4, -0.2) is 31.2 Å². The summed E-state index contributed by atoms with van der Waals surface area (Å²) in [6, 6.07) is 5.06. The molecule has 1 aromatic carbocycles. The van der Waals surface area contributed by atoms with Crippen molar-refractivity contribution in [2.45, 2.75) is 11.3 Å². The van der Waals surface area contributed by atoms with E-state index in [1.165, 1.54) is 6.26 Å². The zero-order valence-corrected chi connectivity index (χ0v) is 9.71. The Balaban J connectivity index is 2.68. The number of aromatic amines is 1. The van der Waals surface area contributed by atoms with Gasteiger partial charge in [-0.2, -0.15) is 0 Å². The summed E-state index contributed by atoms with van der Waals surface area (Å²) < 4.78 is 23.1. The van der Waals surface area contributed by atoms with Crippen LogP contribution in [-0.2, 0) is 16.3 Å². The number of sulfone groups is 1. The zero-order valence-electron chi connectivity index (χ0n) is 8.90. The van der Waals surface area contributed by atoms with E-state index >= 15 is 0 Å². The summed E-state index contributed by atoms with van der Waals surface area (Å²) in [5.41, 5.74) is 6.65. The Labute approximate surface area is 93.6 Å². The molecule has 2 rings (SSSR count). The number of para-hydroxylation sites is 1. The molecule has 16 heavy (non-hydrogen) atoms. The SMILES string of the molecule is CS(=O)(=O)c1cccc2[nH]c(CCN)nc12. The second kappa shape index (κ2) is 3.88. The van der Waals surface area contributed by atoms with Crippen molar-refractivity contribution in [3.05, 3.63) is 24.0 Å². The van der Waals surface area contributed by atoms with Crippen molar-refractivity contribution < 1.29 is 8.42 Å². The first-order valence-corrected chi connectivity index (χ1v) is 6.79. The van der Waals surface area contributed by atoms with Crippen LogP contribution in [0.1, 0.15) is 5.82 Å². The maximum atomic E-state index is 11.5. The molecule has 2 aromatic rings. The van der Waals surface area contributed by atoms with Gasteiger partial charge in [-0.05, 0) is 18.7 Å². The van der Waals surface area contributed by atoms with Crippen LogP contribution in [0.15, 0.2) is 23.1 Å². The largest absolute Gasteiger partial charge is 0.342 e. The molecule has 0 bridgehead atoms. The van der Waals surface area contributed by atoms with Crippen LogP contribution >= 0.6 is 0 Å². The number of rotatable bonds is 3. The number of H-pyrrole nitrogens is 1. The van der Waals surface area contributed by atoms with E-state index < -0.39 is 9.84 Å². The molecule has 86 valence electrons. The first-order valence-electron chi connectivity index (χ1n) is 4.90. The van der Waals surface area contributed by atoms with Crippen molar-refractivity contribution in [2.75, 3.05) is 12.8 Å². The van der Waals surface area contributed by atoms with Gasteiger partial charge in [-0.3, -0.25) is 0 Å². The molecular weight excluding hydrogens is 226 g/mol. The molecular formula is C10H13N3O2S. The molecule has 0 fully saturated rings. The fourth-order valence-electron chi connectivity index (χ4n) is 1.61. The van der Waals surface area contributed by atoms with E-state index in [1.54, 1.807) is 18.2 Å². The van der Waals surface area contributed by atoms with Crippen LogP contribution in [0.4, 0.5) is 0 Å². The standard InChI is InChI=1S/C10H13N3O2S/c1-16(14,15)8-4-2-3-7-10(8)13-9(12-7)5-6-11/h2-4H,5-6,11H2,1H3,(H,12,13). The van der Waals surface area contributed by atoms with E-state index in [0.29, 0.717) is 24.3 Å². The third-order valence-corrected chi connectivity index (χ3v) is 3.43. The van der Waals surface area contributed by atoms with E-state index in [9.17, 15) is 8.42 Å². The van der Waals surface area contributed by atoms with Crippen molar-refractivity contribution in [2.24, 2.45) is 5.73 Å². The quantitative estimate of drug-likeness (QED) is 0.814. The molecule has 0 aliphatic heterocycles.